The minimum Gasteiger partial charge on any atom is -0.497 e. The molecule has 5 rings (SSSR count). The molecule has 0 radical (unpaired) electrons. The maximum atomic E-state index is 13.1. The number of carbonyl (C=O) groups excluding carboxylic acids is 3. The molecule has 1 aromatic heterocycles. The highest BCUT2D eigenvalue weighted by Crippen LogP contribution is 2.47. The summed E-state index contributed by atoms with van der Waals surface area (Å²) in [4.78, 5) is 24.6. The van der Waals surface area contributed by atoms with Gasteiger partial charge in [-0.3, -0.25) is 14.0 Å². The Balaban J connectivity index is 1.51. The molecule has 0 saturated heterocycles. The number of furan rings is 1. The Kier molecular flexibility index (Phi) is 7.30. The van der Waals surface area contributed by atoms with Crippen LogP contribution in [0.25, 0.3) is 17.4 Å². The van der Waals surface area contributed by atoms with Crippen LogP contribution in [-0.2, 0) is 18.7 Å². The molecular weight excluding hydrogens is 508 g/mol. The molecule has 2 aliphatic rings. The zero-order chi connectivity index (χ0) is 28.6. The average Bonchev–Trinajstić information content (AvgIpc) is 3.53. The van der Waals surface area contributed by atoms with E-state index in [-0.39, 0.29) is 6.61 Å². The van der Waals surface area contributed by atoms with Crippen molar-refractivity contribution in [2.24, 2.45) is 5.92 Å². The number of carbonyl (C=O) groups is 2. The monoisotopic (exact) mass is 539 g/mol. The maximum Gasteiger partial charge on any atom is 0.506 e. The molecule has 0 saturated carbocycles. The molecule has 0 bridgehead atoms. The lowest BCUT2D eigenvalue weighted by molar-refractivity contribution is -0.396. The Morgan fingerprint density at radius 1 is 1.07 bits per heavy atom. The van der Waals surface area contributed by atoms with Gasteiger partial charge >= 0.3 is 11.9 Å². The second-order valence-corrected chi connectivity index (χ2v) is 9.80. The van der Waals surface area contributed by atoms with E-state index in [9.17, 15) is 9.59 Å². The third kappa shape index (κ3) is 4.79. The van der Waals surface area contributed by atoms with Crippen LogP contribution in [-0.4, -0.2) is 31.9 Å². The van der Waals surface area contributed by atoms with E-state index in [2.05, 4.69) is 6.58 Å². The number of methoxy groups -OCH3 is 1. The highest BCUT2D eigenvalue weighted by atomic mass is 16.6. The van der Waals surface area contributed by atoms with Gasteiger partial charge in [0.25, 0.3) is 5.76 Å². The van der Waals surface area contributed by atoms with E-state index in [1.807, 2.05) is 62.4 Å². The topological polar surface area (TPSA) is 86.3 Å². The van der Waals surface area contributed by atoms with E-state index < -0.39 is 17.8 Å². The first-order valence-electron chi connectivity index (χ1n) is 13.1. The summed E-state index contributed by atoms with van der Waals surface area (Å²) in [5.74, 6) is 1.80. The van der Waals surface area contributed by atoms with E-state index in [0.717, 1.165) is 28.5 Å². The Morgan fingerprint density at radius 3 is 2.50 bits per heavy atom. The number of hydrogen-bond acceptors (Lipinski definition) is 6. The molecule has 204 valence electrons. The molecule has 40 heavy (non-hydrogen) atoms. The quantitative estimate of drug-likeness (QED) is 0.190. The fourth-order valence-electron chi connectivity index (χ4n) is 5.18. The van der Waals surface area contributed by atoms with Gasteiger partial charge in [-0.2, -0.15) is 0 Å². The molecule has 2 atom stereocenters. The third-order valence-corrected chi connectivity index (χ3v) is 7.42. The van der Waals surface area contributed by atoms with Crippen molar-refractivity contribution in [1.82, 2.24) is 0 Å². The number of fused-ring (bicyclic) bond motifs is 1. The van der Waals surface area contributed by atoms with Crippen molar-refractivity contribution in [3.63, 3.8) is 0 Å². The molecule has 3 heterocycles. The van der Waals surface area contributed by atoms with E-state index in [0.29, 0.717) is 51.5 Å². The SMILES string of the molecule is C=C1/C(=C/c2ccc(-c3cc(C)c(C)c(C=O)c3)o2)[O+]=C2OC(C)=C(C(=O)OCC)C(c3ccc(OC)cc3)C12. The summed E-state index contributed by atoms with van der Waals surface area (Å²) in [6.07, 6.45) is 2.61. The van der Waals surface area contributed by atoms with Crippen molar-refractivity contribution in [1.29, 1.82) is 0 Å². The van der Waals surface area contributed by atoms with E-state index >= 15 is 0 Å². The molecular formula is C33H31O7+. The maximum absolute atomic E-state index is 13.1. The number of benzene rings is 2. The zero-order valence-corrected chi connectivity index (χ0v) is 23.2. The number of ether oxygens (including phenoxy) is 3. The number of rotatable bonds is 7. The van der Waals surface area contributed by atoms with Crippen molar-refractivity contribution in [3.8, 4) is 17.1 Å². The number of aldehydes is 1. The highest BCUT2D eigenvalue weighted by Gasteiger charge is 2.55. The molecule has 2 aromatic carbocycles. The Labute approximate surface area is 233 Å². The van der Waals surface area contributed by atoms with Gasteiger partial charge in [-0.25, -0.2) is 4.79 Å². The summed E-state index contributed by atoms with van der Waals surface area (Å²) in [5.41, 5.74) is 5.34. The first kappa shape index (κ1) is 26.9. The summed E-state index contributed by atoms with van der Waals surface area (Å²) >= 11 is 0. The highest BCUT2D eigenvalue weighted by molar-refractivity contribution is 5.96. The lowest BCUT2D eigenvalue weighted by Gasteiger charge is -2.26. The smallest absolute Gasteiger partial charge is 0.497 e. The molecule has 3 aromatic rings. The number of hydrogen-bond donors (Lipinski definition) is 0. The van der Waals surface area contributed by atoms with Crippen molar-refractivity contribution in [3.05, 3.63) is 106 Å². The fourth-order valence-corrected chi connectivity index (χ4v) is 5.18. The molecule has 0 fully saturated rings. The summed E-state index contributed by atoms with van der Waals surface area (Å²) in [6, 6.07) is 15.0. The minimum atomic E-state index is -0.452. The summed E-state index contributed by atoms with van der Waals surface area (Å²) in [6.45, 7) is 12.0. The van der Waals surface area contributed by atoms with Gasteiger partial charge < -0.3 is 13.9 Å². The van der Waals surface area contributed by atoms with Crippen LogP contribution >= 0.6 is 0 Å². The van der Waals surface area contributed by atoms with Crippen LogP contribution in [0.2, 0.25) is 0 Å². The van der Waals surface area contributed by atoms with Gasteiger partial charge in [0.05, 0.1) is 19.8 Å². The molecule has 2 aliphatic heterocycles. The largest absolute Gasteiger partial charge is 0.506 e. The normalized spacial score (nSPS) is 19.3. The molecule has 0 amide bonds. The number of allylic oxidation sites excluding steroid dienone is 2. The van der Waals surface area contributed by atoms with Gasteiger partial charge in [-0.15, -0.1) is 0 Å². The van der Waals surface area contributed by atoms with Crippen molar-refractivity contribution >= 4 is 24.3 Å². The number of esters is 2. The van der Waals surface area contributed by atoms with E-state index in [4.69, 9.17) is 23.1 Å². The standard InChI is InChI=1S/C33H31O7/c1-7-37-32(35)30-21(5)38-33-29(31(30)22-8-10-25(36-6)11-9-22)20(4)28(40-33)16-26-12-13-27(39-26)23-14-18(2)19(3)24(15-23)17-34/h8-17,29,31H,4,7H2,1-3,5-6H3/q+1/b28-16-. The average molecular weight is 540 g/mol. The van der Waals surface area contributed by atoms with Crippen molar-refractivity contribution < 1.29 is 32.6 Å². The zero-order valence-electron chi connectivity index (χ0n) is 23.2. The van der Waals surface area contributed by atoms with E-state index in [1.54, 1.807) is 27.0 Å². The molecule has 0 N–H and O–H groups in total. The summed E-state index contributed by atoms with van der Waals surface area (Å²) < 4.78 is 29.0. The van der Waals surface area contributed by atoms with Crippen LogP contribution in [0, 0.1) is 19.8 Å². The van der Waals surface area contributed by atoms with Gasteiger partial charge in [0.15, 0.2) is 5.92 Å². The second-order valence-electron chi connectivity index (χ2n) is 9.80. The van der Waals surface area contributed by atoms with Crippen LogP contribution in [0.1, 0.15) is 52.6 Å². The second kappa shape index (κ2) is 10.8. The van der Waals surface area contributed by atoms with Gasteiger partial charge in [0.2, 0.25) is 5.76 Å². The summed E-state index contributed by atoms with van der Waals surface area (Å²) in [5, 5.41) is 0. The fraction of sp³-hybridized carbons (Fsp3) is 0.242. The third-order valence-electron chi connectivity index (χ3n) is 7.42. The first-order chi connectivity index (χ1) is 19.2. The first-order valence-corrected chi connectivity index (χ1v) is 13.1. The van der Waals surface area contributed by atoms with Gasteiger partial charge in [0, 0.05) is 29.5 Å². The lowest BCUT2D eigenvalue weighted by Crippen LogP contribution is -2.33. The van der Waals surface area contributed by atoms with Crippen molar-refractivity contribution in [2.75, 3.05) is 13.7 Å². The number of aryl methyl sites for hydroxylation is 1. The molecule has 0 spiro atoms. The van der Waals surface area contributed by atoms with Gasteiger partial charge in [-0.05, 0) is 73.9 Å². The van der Waals surface area contributed by atoms with Crippen LogP contribution in [0.4, 0.5) is 0 Å². The van der Waals surface area contributed by atoms with E-state index in [1.165, 1.54) is 0 Å². The molecule has 7 heteroatoms. The molecule has 0 aliphatic carbocycles. The molecule has 7 nitrogen and oxygen atoms in total. The Bertz CT molecular complexity index is 1600. The van der Waals surface area contributed by atoms with Crippen LogP contribution in [0.5, 0.6) is 5.75 Å². The van der Waals surface area contributed by atoms with Gasteiger partial charge in [0.1, 0.15) is 29.1 Å². The Hall–Kier alpha value is -4.65. The van der Waals surface area contributed by atoms with Crippen LogP contribution in [0.3, 0.4) is 0 Å². The van der Waals surface area contributed by atoms with Gasteiger partial charge in [-0.1, -0.05) is 18.7 Å². The Morgan fingerprint density at radius 2 is 1.82 bits per heavy atom. The van der Waals surface area contributed by atoms with Crippen LogP contribution < -0.4 is 4.74 Å². The lowest BCUT2D eigenvalue weighted by atomic mass is 9.75. The predicted octanol–water partition coefficient (Wildman–Crippen LogP) is 6.62. The predicted molar refractivity (Wildman–Crippen MR) is 151 cm³/mol. The summed E-state index contributed by atoms with van der Waals surface area (Å²) in [7, 11) is 1.61. The molecule has 2 unspecified atom stereocenters. The minimum absolute atomic E-state index is 0.241. The van der Waals surface area contributed by atoms with Crippen molar-refractivity contribution in [2.45, 2.75) is 33.6 Å². The van der Waals surface area contributed by atoms with Crippen LogP contribution in [0.15, 0.2) is 82.2 Å².